The smallest absolute Gasteiger partial charge is 0.381 e. The third kappa shape index (κ3) is 8.58. The molecule has 0 N–H and O–H groups in total. The first-order valence-electron chi connectivity index (χ1n) is 19.9. The highest BCUT2D eigenvalue weighted by Gasteiger charge is 2.52. The van der Waals surface area contributed by atoms with Gasteiger partial charge in [-0.05, 0) is 35.7 Å². The number of nitriles is 1. The topological polar surface area (TPSA) is 54.0 Å². The average molecular weight is 1040 g/mol. The minimum Gasteiger partial charge on any atom is -0.405 e. The van der Waals surface area contributed by atoms with E-state index >= 15 is 35.1 Å². The summed E-state index contributed by atoms with van der Waals surface area (Å²) in [4.78, 5) is 12.7. The number of fused-ring (bicyclic) bond motifs is 1. The fraction of sp³-hybridized carbons (Fsp3) is 0.0208. The number of halogens is 20. The van der Waals surface area contributed by atoms with E-state index < -0.39 is 144 Å². The van der Waals surface area contributed by atoms with Crippen LogP contribution in [0.25, 0.3) is 10.8 Å². The average Bonchev–Trinajstić information content (AvgIpc) is 3.39. The van der Waals surface area contributed by atoms with Gasteiger partial charge in [-0.15, -0.1) is 21.9 Å². The summed E-state index contributed by atoms with van der Waals surface area (Å²) in [5.74, 6) is -70.2. The second-order valence-corrected chi connectivity index (χ2v) is 15.2. The van der Waals surface area contributed by atoms with Crippen molar-refractivity contribution < 1.29 is 102 Å². The number of rotatable bonds is 9. The molecule has 8 rings (SSSR count). The quantitative estimate of drug-likeness (QED) is 0.0362. The van der Waals surface area contributed by atoms with Crippen molar-refractivity contribution in [2.45, 2.75) is 6.54 Å². The zero-order chi connectivity index (χ0) is 53.7. The predicted octanol–water partition coefficient (Wildman–Crippen LogP) is 10.5. The molecule has 374 valence electrons. The Hall–Kier alpha value is -8.43. The van der Waals surface area contributed by atoms with Crippen LogP contribution in [-0.4, -0.2) is 11.9 Å². The molecule has 0 saturated heterocycles. The second kappa shape index (κ2) is 20.0. The van der Waals surface area contributed by atoms with E-state index in [2.05, 4.69) is 6.07 Å². The lowest BCUT2D eigenvalue weighted by Gasteiger charge is -2.44. The van der Waals surface area contributed by atoms with E-state index in [1.807, 2.05) is 71.4 Å². The summed E-state index contributed by atoms with van der Waals surface area (Å²) in [5, 5.41) is 10.9. The number of aromatic nitrogens is 1. The third-order valence-electron chi connectivity index (χ3n) is 11.2. The first kappa shape index (κ1) is 52.4. The molecule has 0 aliphatic rings. The number of ether oxygens (including phenoxy) is 1. The summed E-state index contributed by atoms with van der Waals surface area (Å²) < 4.78 is 302. The summed E-state index contributed by atoms with van der Waals surface area (Å²) in [5.41, 5.74) is -13.1. The fourth-order valence-corrected chi connectivity index (χ4v) is 7.92. The maximum Gasteiger partial charge on any atom is 0.381 e. The molecule has 8 aromatic rings. The highest BCUT2D eigenvalue weighted by atomic mass is 19.2. The first-order valence-corrected chi connectivity index (χ1v) is 19.9. The van der Waals surface area contributed by atoms with Crippen molar-refractivity contribution in [2.75, 3.05) is 0 Å². The number of ketones is 1. The van der Waals surface area contributed by atoms with E-state index in [0.717, 1.165) is 10.8 Å². The molecular weight excluding hydrogens is 1030 g/mol. The molecule has 1 aromatic heterocycles. The molecule has 0 aliphatic carbocycles. The number of nitrogens with zero attached hydrogens (tertiary/aromatic N) is 2. The Morgan fingerprint density at radius 1 is 0.425 bits per heavy atom. The van der Waals surface area contributed by atoms with Crippen LogP contribution >= 0.6 is 0 Å². The van der Waals surface area contributed by atoms with Gasteiger partial charge < -0.3 is 4.74 Å². The Labute approximate surface area is 394 Å². The van der Waals surface area contributed by atoms with Crippen molar-refractivity contribution in [1.29, 1.82) is 5.26 Å². The molecule has 0 fully saturated rings. The molecular formula is C48H17BF20N2O2. The largest absolute Gasteiger partial charge is 0.405 e. The van der Waals surface area contributed by atoms with Gasteiger partial charge in [-0.25, -0.2) is 87.8 Å². The molecule has 0 amide bonds. The molecule has 0 saturated carbocycles. The van der Waals surface area contributed by atoms with Gasteiger partial charge in [-0.1, -0.05) is 48.5 Å². The van der Waals surface area contributed by atoms with E-state index in [1.54, 1.807) is 24.3 Å². The third-order valence-corrected chi connectivity index (χ3v) is 11.2. The molecule has 1 heterocycles. The highest BCUT2D eigenvalue weighted by Crippen LogP contribution is 2.32. The SMILES string of the molecule is Fc1c(F)c(F)c([B-](c2c(F)c(F)c(F)c(F)c2F)(c2c(F)c(F)c(F)c(F)c2F)c2c(F)c(F)c(F)c(F)c2F)c(F)c1F.N#Cc1ccc(Oc2c3ccccc3cc[n+]2CC(=O)c2ccccc2)cc1. The van der Waals surface area contributed by atoms with Crippen molar-refractivity contribution in [2.24, 2.45) is 0 Å². The van der Waals surface area contributed by atoms with Crippen LogP contribution in [0.2, 0.25) is 0 Å². The number of pyridine rings is 1. The van der Waals surface area contributed by atoms with Crippen molar-refractivity contribution >= 4 is 44.6 Å². The molecule has 4 nitrogen and oxygen atoms in total. The Balaban J connectivity index is 0.000000237. The van der Waals surface area contributed by atoms with Crippen LogP contribution in [0, 0.1) is 128 Å². The summed E-state index contributed by atoms with van der Waals surface area (Å²) in [6.07, 6.45) is -5.35. The highest BCUT2D eigenvalue weighted by molar-refractivity contribution is 7.20. The van der Waals surface area contributed by atoms with Crippen molar-refractivity contribution in [3.05, 3.63) is 219 Å². The van der Waals surface area contributed by atoms with E-state index in [4.69, 9.17) is 10.00 Å². The van der Waals surface area contributed by atoms with Gasteiger partial charge in [0.05, 0.1) is 17.0 Å². The van der Waals surface area contributed by atoms with E-state index in [1.165, 1.54) is 0 Å². The number of carbonyl (C=O) groups is 1. The Morgan fingerprint density at radius 3 is 1.11 bits per heavy atom. The van der Waals surface area contributed by atoms with Gasteiger partial charge >= 0.3 is 5.88 Å². The van der Waals surface area contributed by atoms with Crippen molar-refractivity contribution in [3.63, 3.8) is 0 Å². The van der Waals surface area contributed by atoms with Gasteiger partial charge in [-0.3, -0.25) is 4.79 Å². The zero-order valence-corrected chi connectivity index (χ0v) is 35.2. The molecule has 7 aromatic carbocycles. The van der Waals surface area contributed by atoms with Gasteiger partial charge in [0.15, 0.2) is 76.0 Å². The van der Waals surface area contributed by atoms with E-state index in [9.17, 15) is 57.5 Å². The first-order chi connectivity index (χ1) is 34.4. The molecule has 0 bridgehead atoms. The van der Waals surface area contributed by atoms with Crippen LogP contribution in [0.1, 0.15) is 15.9 Å². The number of Topliss-reactive ketones (excluding diaryl/α,β-unsaturated/α-hetero) is 1. The Kier molecular flexibility index (Phi) is 14.4. The molecule has 0 aliphatic heterocycles. The summed E-state index contributed by atoms with van der Waals surface area (Å²) >= 11 is 0. The lowest BCUT2D eigenvalue weighted by Crippen LogP contribution is -2.81. The van der Waals surface area contributed by atoms with Crippen molar-refractivity contribution in [1.82, 2.24) is 0 Å². The molecule has 0 atom stereocenters. The van der Waals surface area contributed by atoms with Crippen molar-refractivity contribution in [3.8, 4) is 17.7 Å². The molecule has 0 spiro atoms. The molecule has 73 heavy (non-hydrogen) atoms. The van der Waals surface area contributed by atoms with Gasteiger partial charge in [-0.2, -0.15) is 9.83 Å². The summed E-state index contributed by atoms with van der Waals surface area (Å²) in [6, 6.07) is 28.1. The summed E-state index contributed by atoms with van der Waals surface area (Å²) in [7, 11) is 0. The molecule has 0 unspecified atom stereocenters. The molecule has 0 radical (unpaired) electrons. The number of benzene rings is 7. The zero-order valence-electron chi connectivity index (χ0n) is 35.2. The van der Waals surface area contributed by atoms with Gasteiger partial charge in [0.1, 0.15) is 58.4 Å². The minimum atomic E-state index is -7.22. The Bertz CT molecular complexity index is 3230. The van der Waals surface area contributed by atoms with Crippen LogP contribution in [-0.2, 0) is 6.54 Å². The lowest BCUT2D eigenvalue weighted by molar-refractivity contribution is -0.685. The Morgan fingerprint density at radius 2 is 0.753 bits per heavy atom. The summed E-state index contributed by atoms with van der Waals surface area (Å²) in [6.45, 7) is 0.167. The van der Waals surface area contributed by atoms with Crippen LogP contribution in [0.4, 0.5) is 87.8 Å². The number of carbonyl (C=O) groups excluding carboxylic acids is 1. The van der Waals surface area contributed by atoms with Crippen LogP contribution in [0.15, 0.2) is 91.1 Å². The van der Waals surface area contributed by atoms with Crippen LogP contribution in [0.3, 0.4) is 0 Å². The maximum atomic E-state index is 15.4. The van der Waals surface area contributed by atoms with Crippen LogP contribution in [0.5, 0.6) is 11.6 Å². The molecule has 25 heteroatoms. The van der Waals surface area contributed by atoms with Gasteiger partial charge in [0, 0.05) is 11.6 Å². The van der Waals surface area contributed by atoms with Gasteiger partial charge in [0.25, 0.3) is 0 Å². The maximum absolute atomic E-state index is 15.4. The van der Waals surface area contributed by atoms with Gasteiger partial charge in [0.2, 0.25) is 12.3 Å². The second-order valence-electron chi connectivity index (χ2n) is 15.2. The lowest BCUT2D eigenvalue weighted by atomic mass is 9.12. The number of hydrogen-bond acceptors (Lipinski definition) is 3. The predicted molar refractivity (Wildman–Crippen MR) is 215 cm³/mol. The van der Waals surface area contributed by atoms with E-state index in [0.29, 0.717) is 22.8 Å². The minimum absolute atomic E-state index is 0.00515. The van der Waals surface area contributed by atoms with Crippen LogP contribution < -0.4 is 31.2 Å². The fourth-order valence-electron chi connectivity index (χ4n) is 7.92. The normalized spacial score (nSPS) is 11.4. The monoisotopic (exact) mass is 1040 g/mol. The number of hydrogen-bond donors (Lipinski definition) is 0. The van der Waals surface area contributed by atoms with E-state index in [-0.39, 0.29) is 12.3 Å². The standard InChI is InChI=1S/C24BF20.C24H17N2O2/c26-5-1(6(27)14(35)21(42)13(5)34)25(2-7(28)15(36)22(43)16(37)8(2)29,3-9(30)17(38)23(44)18(39)10(3)31)4-11(32)19(40)24(45)20(41)12(4)33;25-16-18-10-12-21(13-11-18)28-24-22-9-5-4-6-19(22)14-15-26(24)17-23(27)20-7-2-1-3-8-20/h;1-15H,17H2/q-1;+1.